The Kier molecular flexibility index (Phi) is 6.57. The summed E-state index contributed by atoms with van der Waals surface area (Å²) in [6.07, 6.45) is 7.40. The molecule has 3 fully saturated rings. The number of hydrogen-bond donors (Lipinski definition) is 1. The fourth-order valence-corrected chi connectivity index (χ4v) is 9.05. The first-order chi connectivity index (χ1) is 18.7. The van der Waals surface area contributed by atoms with E-state index >= 15 is 0 Å². The van der Waals surface area contributed by atoms with E-state index in [2.05, 4.69) is 38.0 Å². The highest BCUT2D eigenvalue weighted by molar-refractivity contribution is 9.10. The summed E-state index contributed by atoms with van der Waals surface area (Å²) >= 11 is 17.7. The van der Waals surface area contributed by atoms with E-state index in [0.29, 0.717) is 67.6 Å². The van der Waals surface area contributed by atoms with Crippen LogP contribution < -0.4 is 0 Å². The van der Waals surface area contributed by atoms with E-state index in [4.69, 9.17) is 32.5 Å². The predicted molar refractivity (Wildman–Crippen MR) is 151 cm³/mol. The summed E-state index contributed by atoms with van der Waals surface area (Å²) in [5.41, 5.74) is 1.30. The van der Waals surface area contributed by atoms with Crippen LogP contribution >= 0.6 is 50.5 Å². The number of benzene rings is 1. The molecule has 0 spiro atoms. The SMILES string of the molecule is CC1C[C@@H]2C[C@@H](OCc3c(-c4c(Cl)cncc4Cl)noc3C3CC3)CC1[C@]2(O)c1nc2c(F)cc(Br)cc2s1. The van der Waals surface area contributed by atoms with E-state index in [0.717, 1.165) is 35.3 Å². The summed E-state index contributed by atoms with van der Waals surface area (Å²) in [6, 6.07) is 3.28. The van der Waals surface area contributed by atoms with Gasteiger partial charge in [0.15, 0.2) is 5.82 Å². The van der Waals surface area contributed by atoms with Crippen LogP contribution in [0.4, 0.5) is 4.39 Å². The van der Waals surface area contributed by atoms with Gasteiger partial charge in [-0.05, 0) is 62.0 Å². The molecule has 4 aromatic rings. The number of pyridine rings is 1. The zero-order valence-corrected chi connectivity index (χ0v) is 24.9. The van der Waals surface area contributed by atoms with Crippen molar-refractivity contribution in [2.24, 2.45) is 17.8 Å². The van der Waals surface area contributed by atoms with Crippen molar-refractivity contribution in [2.45, 2.75) is 63.3 Å². The molecule has 0 amide bonds. The molecule has 3 aliphatic rings. The van der Waals surface area contributed by atoms with Crippen LogP contribution in [0, 0.1) is 23.6 Å². The summed E-state index contributed by atoms with van der Waals surface area (Å²) < 4.78 is 28.3. The van der Waals surface area contributed by atoms with Gasteiger partial charge in [0.2, 0.25) is 0 Å². The molecule has 3 saturated carbocycles. The molecule has 204 valence electrons. The predicted octanol–water partition coefficient (Wildman–Crippen LogP) is 8.27. The van der Waals surface area contributed by atoms with Gasteiger partial charge in [-0.2, -0.15) is 0 Å². The number of aromatic nitrogens is 3. The van der Waals surface area contributed by atoms with Gasteiger partial charge < -0.3 is 14.4 Å². The maximum absolute atomic E-state index is 14.6. The molecule has 2 bridgehead atoms. The zero-order valence-electron chi connectivity index (χ0n) is 21.0. The lowest BCUT2D eigenvalue weighted by Gasteiger charge is -2.41. The van der Waals surface area contributed by atoms with Gasteiger partial charge in [-0.25, -0.2) is 9.37 Å². The topological polar surface area (TPSA) is 81.3 Å². The average molecular weight is 653 g/mol. The quantitative estimate of drug-likeness (QED) is 0.226. The Morgan fingerprint density at radius 2 is 1.97 bits per heavy atom. The second kappa shape index (κ2) is 9.74. The van der Waals surface area contributed by atoms with Gasteiger partial charge in [0.25, 0.3) is 0 Å². The van der Waals surface area contributed by atoms with E-state index < -0.39 is 5.60 Å². The number of halogens is 4. The minimum atomic E-state index is -1.10. The third kappa shape index (κ3) is 4.35. The minimum Gasteiger partial charge on any atom is -0.382 e. The molecule has 0 saturated heterocycles. The van der Waals surface area contributed by atoms with Crippen molar-refractivity contribution in [2.75, 3.05) is 0 Å². The lowest BCUT2D eigenvalue weighted by Crippen LogP contribution is -2.45. The van der Waals surface area contributed by atoms with Crippen LogP contribution in [0.1, 0.15) is 61.3 Å². The number of fused-ring (bicyclic) bond motifs is 3. The highest BCUT2D eigenvalue weighted by Crippen LogP contribution is 2.59. The molecule has 3 aliphatic carbocycles. The van der Waals surface area contributed by atoms with Gasteiger partial charge in [0.1, 0.15) is 27.6 Å². The summed E-state index contributed by atoms with van der Waals surface area (Å²) in [7, 11) is 0. The highest BCUT2D eigenvalue weighted by Gasteiger charge is 2.59. The molecular weight excluding hydrogens is 628 g/mol. The third-order valence-corrected chi connectivity index (χ3v) is 10.8. The molecular formula is C28H25BrCl2FN3O3S. The molecule has 1 aromatic carbocycles. The van der Waals surface area contributed by atoms with Crippen LogP contribution in [0.5, 0.6) is 0 Å². The molecule has 7 rings (SSSR count). The van der Waals surface area contributed by atoms with Crippen molar-refractivity contribution < 1.29 is 18.8 Å². The first kappa shape index (κ1) is 26.3. The van der Waals surface area contributed by atoms with Crippen LogP contribution in [0.3, 0.4) is 0 Å². The van der Waals surface area contributed by atoms with E-state index in [-0.39, 0.29) is 23.8 Å². The number of thiazole rings is 1. The first-order valence-electron chi connectivity index (χ1n) is 13.1. The van der Waals surface area contributed by atoms with Gasteiger partial charge in [-0.1, -0.05) is 51.2 Å². The Labute approximate surface area is 247 Å². The van der Waals surface area contributed by atoms with Gasteiger partial charge in [-0.15, -0.1) is 11.3 Å². The first-order valence-corrected chi connectivity index (χ1v) is 15.5. The molecule has 6 nitrogen and oxygen atoms in total. The average Bonchev–Trinajstić information content (AvgIpc) is 3.48. The second-order valence-corrected chi connectivity index (χ2v) is 13.9. The van der Waals surface area contributed by atoms with Crippen LogP contribution in [-0.4, -0.2) is 26.3 Å². The Morgan fingerprint density at radius 1 is 1.21 bits per heavy atom. The van der Waals surface area contributed by atoms with E-state index in [9.17, 15) is 9.50 Å². The van der Waals surface area contributed by atoms with Gasteiger partial charge >= 0.3 is 0 Å². The largest absolute Gasteiger partial charge is 0.382 e. The summed E-state index contributed by atoms with van der Waals surface area (Å²) in [4.78, 5) is 8.68. The molecule has 3 heterocycles. The van der Waals surface area contributed by atoms with Gasteiger partial charge in [-0.3, -0.25) is 4.98 Å². The summed E-state index contributed by atoms with van der Waals surface area (Å²) in [5, 5.41) is 17.9. The van der Waals surface area contributed by atoms with Crippen molar-refractivity contribution in [3.05, 3.63) is 61.2 Å². The van der Waals surface area contributed by atoms with Crippen LogP contribution in [0.25, 0.3) is 21.5 Å². The normalized spacial score (nSPS) is 28.5. The third-order valence-electron chi connectivity index (χ3n) is 8.67. The second-order valence-electron chi connectivity index (χ2n) is 11.1. The Hall–Kier alpha value is -1.62. The number of nitrogens with zero attached hydrogens (tertiary/aromatic N) is 3. The van der Waals surface area contributed by atoms with Gasteiger partial charge in [0.05, 0.1) is 27.5 Å². The zero-order chi connectivity index (χ0) is 27.1. The molecule has 11 heteroatoms. The van der Waals surface area contributed by atoms with E-state index in [1.54, 1.807) is 12.4 Å². The number of ether oxygens (including phenoxy) is 1. The number of aliphatic hydroxyl groups is 1. The molecule has 0 aliphatic heterocycles. The van der Waals surface area contributed by atoms with Crippen molar-refractivity contribution in [1.29, 1.82) is 0 Å². The fourth-order valence-electron chi connectivity index (χ4n) is 6.67. The van der Waals surface area contributed by atoms with Crippen LogP contribution in [-0.2, 0) is 16.9 Å². The molecule has 5 atom stereocenters. The molecule has 1 N–H and O–H groups in total. The van der Waals surface area contributed by atoms with Crippen LogP contribution in [0.2, 0.25) is 10.0 Å². The molecule has 0 radical (unpaired) electrons. The van der Waals surface area contributed by atoms with Crippen molar-refractivity contribution in [1.82, 2.24) is 15.1 Å². The number of hydrogen-bond acceptors (Lipinski definition) is 7. The lowest BCUT2D eigenvalue weighted by atomic mass is 9.72. The smallest absolute Gasteiger partial charge is 0.151 e. The summed E-state index contributed by atoms with van der Waals surface area (Å²) in [6.45, 7) is 2.50. The van der Waals surface area contributed by atoms with Gasteiger partial charge in [0, 0.05) is 33.9 Å². The Morgan fingerprint density at radius 3 is 2.69 bits per heavy atom. The maximum Gasteiger partial charge on any atom is 0.151 e. The molecule has 2 unspecified atom stereocenters. The van der Waals surface area contributed by atoms with Crippen molar-refractivity contribution in [3.63, 3.8) is 0 Å². The Bertz CT molecular complexity index is 1570. The standard InChI is InChI=1S/C28H25BrCl2FN3O3S/c1-12-4-14-5-16(8-18(12)28(14,36)27-34-25-21(32)6-15(29)7-22(25)39-27)37-11-17-24(35-38-26(17)13-2-3-13)23-19(30)9-33-10-20(23)31/h6-7,9-10,12-14,16,18,36H,2-5,8,11H2,1H3/t12?,14-,16-,18?,28+/m1/s1. The molecule has 39 heavy (non-hydrogen) atoms. The van der Waals surface area contributed by atoms with Crippen molar-refractivity contribution >= 4 is 60.7 Å². The fraction of sp³-hybridized carbons (Fsp3) is 0.464. The van der Waals surface area contributed by atoms with Crippen molar-refractivity contribution in [3.8, 4) is 11.3 Å². The molecule has 3 aromatic heterocycles. The summed E-state index contributed by atoms with van der Waals surface area (Å²) in [5.74, 6) is 1.00. The number of rotatable bonds is 6. The van der Waals surface area contributed by atoms with E-state index in [1.807, 2.05) is 6.07 Å². The highest BCUT2D eigenvalue weighted by atomic mass is 79.9. The lowest BCUT2D eigenvalue weighted by molar-refractivity contribution is -0.120. The van der Waals surface area contributed by atoms with Crippen LogP contribution in [0.15, 0.2) is 33.5 Å². The van der Waals surface area contributed by atoms with E-state index in [1.165, 1.54) is 17.4 Å². The maximum atomic E-state index is 14.6. The monoisotopic (exact) mass is 651 g/mol. The Balaban J connectivity index is 1.16. The minimum absolute atomic E-state index is 0.0303.